The molecule has 20 heavy (non-hydrogen) atoms. The van der Waals surface area contributed by atoms with E-state index < -0.39 is 0 Å². The molecule has 2 rings (SSSR count). The van der Waals surface area contributed by atoms with Crippen molar-refractivity contribution < 1.29 is 4.79 Å². The molecule has 0 unspecified atom stereocenters. The van der Waals surface area contributed by atoms with Crippen LogP contribution in [-0.4, -0.2) is 22.9 Å². The van der Waals surface area contributed by atoms with Crippen LogP contribution >= 0.6 is 0 Å². The minimum atomic E-state index is -0.118. The number of hydrogen-bond acceptors (Lipinski definition) is 1. The van der Waals surface area contributed by atoms with Crippen molar-refractivity contribution in [3.63, 3.8) is 0 Å². The van der Waals surface area contributed by atoms with Crippen LogP contribution in [0.2, 0.25) is 0 Å². The molecule has 0 spiro atoms. The van der Waals surface area contributed by atoms with E-state index in [0.29, 0.717) is 12.5 Å². The van der Waals surface area contributed by atoms with E-state index in [4.69, 9.17) is 0 Å². The van der Waals surface area contributed by atoms with Crippen molar-refractivity contribution in [2.75, 3.05) is 6.54 Å². The fraction of sp³-hybridized carbons (Fsp3) is 0.500. The van der Waals surface area contributed by atoms with Gasteiger partial charge in [0.25, 0.3) is 0 Å². The summed E-state index contributed by atoms with van der Waals surface area (Å²) in [5.74, 6) is 0.592. The number of benzene rings is 1. The number of allylic oxidation sites excluding steroid dienone is 1. The molecule has 0 bridgehead atoms. The SMILES string of the molecule is C/C(=C\CN(C(=O)C1CC1)C(C)(C)C)c1ccccc1. The molecule has 2 heteroatoms. The maximum absolute atomic E-state index is 12.4. The average molecular weight is 271 g/mol. The first-order valence-corrected chi connectivity index (χ1v) is 7.43. The van der Waals surface area contributed by atoms with E-state index in [9.17, 15) is 4.79 Å². The highest BCUT2D eigenvalue weighted by molar-refractivity contribution is 5.82. The third kappa shape index (κ3) is 3.72. The van der Waals surface area contributed by atoms with Crippen LogP contribution in [0, 0.1) is 5.92 Å². The first-order valence-electron chi connectivity index (χ1n) is 7.43. The second-order valence-electron chi connectivity index (χ2n) is 6.65. The highest BCUT2D eigenvalue weighted by Gasteiger charge is 2.37. The molecule has 1 saturated carbocycles. The van der Waals surface area contributed by atoms with Gasteiger partial charge in [-0.05, 0) is 51.7 Å². The van der Waals surface area contributed by atoms with E-state index in [1.54, 1.807) is 0 Å². The van der Waals surface area contributed by atoms with Crippen LogP contribution in [-0.2, 0) is 4.79 Å². The number of rotatable bonds is 4. The van der Waals surface area contributed by atoms with Gasteiger partial charge in [0, 0.05) is 18.0 Å². The van der Waals surface area contributed by atoms with Gasteiger partial charge in [0.1, 0.15) is 0 Å². The Labute approximate surface area is 122 Å². The molecule has 1 amide bonds. The maximum atomic E-state index is 12.4. The molecule has 1 aliphatic carbocycles. The van der Waals surface area contributed by atoms with Gasteiger partial charge in [-0.1, -0.05) is 36.4 Å². The first kappa shape index (κ1) is 14.8. The van der Waals surface area contributed by atoms with Gasteiger partial charge in [0.2, 0.25) is 5.91 Å². The standard InChI is InChI=1S/C18H25NO/c1-14(15-8-6-5-7-9-15)12-13-19(18(2,3)4)17(20)16-10-11-16/h5-9,12,16H,10-11,13H2,1-4H3/b14-12+. The van der Waals surface area contributed by atoms with Gasteiger partial charge in [-0.3, -0.25) is 4.79 Å². The monoisotopic (exact) mass is 271 g/mol. The summed E-state index contributed by atoms with van der Waals surface area (Å²) in [5, 5.41) is 0. The summed E-state index contributed by atoms with van der Waals surface area (Å²) in [6.07, 6.45) is 4.29. The zero-order chi connectivity index (χ0) is 14.8. The normalized spacial score (nSPS) is 16.1. The second kappa shape index (κ2) is 5.82. The Hall–Kier alpha value is -1.57. The average Bonchev–Trinajstić information content (AvgIpc) is 3.22. The van der Waals surface area contributed by atoms with Gasteiger partial charge in [0.05, 0.1) is 0 Å². The van der Waals surface area contributed by atoms with Crippen LogP contribution in [0.1, 0.15) is 46.1 Å². The predicted octanol–water partition coefficient (Wildman–Crippen LogP) is 4.13. The lowest BCUT2D eigenvalue weighted by atomic mass is 10.0. The van der Waals surface area contributed by atoms with E-state index >= 15 is 0 Å². The van der Waals surface area contributed by atoms with Gasteiger partial charge < -0.3 is 4.90 Å². The summed E-state index contributed by atoms with van der Waals surface area (Å²) >= 11 is 0. The lowest BCUT2D eigenvalue weighted by Crippen LogP contribution is -2.46. The summed E-state index contributed by atoms with van der Waals surface area (Å²) in [5.41, 5.74) is 2.33. The van der Waals surface area contributed by atoms with Crippen LogP contribution in [0.5, 0.6) is 0 Å². The van der Waals surface area contributed by atoms with E-state index in [0.717, 1.165) is 12.8 Å². The highest BCUT2D eigenvalue weighted by Crippen LogP contribution is 2.33. The van der Waals surface area contributed by atoms with E-state index in [1.807, 2.05) is 23.1 Å². The number of nitrogens with zero attached hydrogens (tertiary/aromatic N) is 1. The molecular formula is C18H25NO. The van der Waals surface area contributed by atoms with Gasteiger partial charge >= 0.3 is 0 Å². The summed E-state index contributed by atoms with van der Waals surface area (Å²) in [6.45, 7) is 9.13. The molecule has 108 valence electrons. The molecule has 0 N–H and O–H groups in total. The van der Waals surface area contributed by atoms with Crippen LogP contribution in [0.3, 0.4) is 0 Å². The van der Waals surface area contributed by atoms with Crippen molar-refractivity contribution in [3.05, 3.63) is 42.0 Å². The lowest BCUT2D eigenvalue weighted by Gasteiger charge is -2.35. The van der Waals surface area contributed by atoms with Crippen LogP contribution in [0.4, 0.5) is 0 Å². The van der Waals surface area contributed by atoms with Crippen LogP contribution < -0.4 is 0 Å². The van der Waals surface area contributed by atoms with Gasteiger partial charge in [0.15, 0.2) is 0 Å². The Morgan fingerprint density at radius 1 is 1.25 bits per heavy atom. The predicted molar refractivity (Wildman–Crippen MR) is 84.3 cm³/mol. The summed E-state index contributed by atoms with van der Waals surface area (Å²) in [4.78, 5) is 14.4. The molecule has 2 nitrogen and oxygen atoms in total. The van der Waals surface area contributed by atoms with Crippen molar-refractivity contribution in [2.24, 2.45) is 5.92 Å². The van der Waals surface area contributed by atoms with Gasteiger partial charge in [-0.15, -0.1) is 0 Å². The Kier molecular flexibility index (Phi) is 4.32. The van der Waals surface area contributed by atoms with Crippen molar-refractivity contribution in [1.29, 1.82) is 0 Å². The Morgan fingerprint density at radius 3 is 2.35 bits per heavy atom. The van der Waals surface area contributed by atoms with E-state index in [1.165, 1.54) is 11.1 Å². The zero-order valence-electron chi connectivity index (χ0n) is 13.0. The third-order valence-electron chi connectivity index (χ3n) is 3.81. The smallest absolute Gasteiger partial charge is 0.226 e. The molecule has 1 aromatic carbocycles. The van der Waals surface area contributed by atoms with Gasteiger partial charge in [-0.2, -0.15) is 0 Å². The number of carbonyl (C=O) groups is 1. The molecule has 0 atom stereocenters. The van der Waals surface area contributed by atoms with Crippen LogP contribution in [0.15, 0.2) is 36.4 Å². The van der Waals surface area contributed by atoms with Crippen LogP contribution in [0.25, 0.3) is 5.57 Å². The van der Waals surface area contributed by atoms with E-state index in [-0.39, 0.29) is 11.5 Å². The molecule has 1 aliphatic rings. The molecule has 0 radical (unpaired) electrons. The molecule has 1 aromatic rings. The first-order chi connectivity index (χ1) is 9.39. The zero-order valence-corrected chi connectivity index (χ0v) is 13.0. The van der Waals surface area contributed by atoms with Crippen molar-refractivity contribution >= 4 is 11.5 Å². The molecule has 0 aromatic heterocycles. The minimum absolute atomic E-state index is 0.118. The van der Waals surface area contributed by atoms with Gasteiger partial charge in [-0.25, -0.2) is 0 Å². The molecule has 0 saturated heterocycles. The Morgan fingerprint density at radius 2 is 1.85 bits per heavy atom. The highest BCUT2D eigenvalue weighted by atomic mass is 16.2. The molecule has 1 fully saturated rings. The largest absolute Gasteiger partial charge is 0.334 e. The Balaban J connectivity index is 2.10. The fourth-order valence-corrected chi connectivity index (χ4v) is 2.29. The molecular weight excluding hydrogens is 246 g/mol. The fourth-order valence-electron chi connectivity index (χ4n) is 2.29. The third-order valence-corrected chi connectivity index (χ3v) is 3.81. The quantitative estimate of drug-likeness (QED) is 0.806. The van der Waals surface area contributed by atoms with E-state index in [2.05, 4.69) is 45.9 Å². The summed E-state index contributed by atoms with van der Waals surface area (Å²) in [6, 6.07) is 10.3. The topological polar surface area (TPSA) is 20.3 Å². The van der Waals surface area contributed by atoms with Crippen molar-refractivity contribution in [3.8, 4) is 0 Å². The molecule has 0 heterocycles. The number of carbonyl (C=O) groups excluding carboxylic acids is 1. The summed E-state index contributed by atoms with van der Waals surface area (Å²) in [7, 11) is 0. The summed E-state index contributed by atoms with van der Waals surface area (Å²) < 4.78 is 0. The van der Waals surface area contributed by atoms with Crippen molar-refractivity contribution in [1.82, 2.24) is 4.90 Å². The van der Waals surface area contributed by atoms with Crippen molar-refractivity contribution in [2.45, 2.75) is 46.1 Å². The second-order valence-corrected chi connectivity index (χ2v) is 6.65. The molecule has 0 aliphatic heterocycles. The Bertz CT molecular complexity index is 492. The lowest BCUT2D eigenvalue weighted by molar-refractivity contribution is -0.136. The number of amides is 1. The maximum Gasteiger partial charge on any atom is 0.226 e. The number of hydrogen-bond donors (Lipinski definition) is 0. The minimum Gasteiger partial charge on any atom is -0.334 e.